The summed E-state index contributed by atoms with van der Waals surface area (Å²) < 4.78 is 0. The Labute approximate surface area is 94.8 Å². The summed E-state index contributed by atoms with van der Waals surface area (Å²) in [7, 11) is 0. The first kappa shape index (κ1) is 12.3. The number of rotatable bonds is 3. The lowest BCUT2D eigenvalue weighted by atomic mass is 9.85. The molecular formula is C15H24. The highest BCUT2D eigenvalue weighted by Crippen LogP contribution is 2.28. The van der Waals surface area contributed by atoms with Crippen LogP contribution in [0, 0.1) is 11.8 Å². The van der Waals surface area contributed by atoms with Gasteiger partial charge < -0.3 is 0 Å². The second-order valence-electron chi connectivity index (χ2n) is 5.06. The van der Waals surface area contributed by atoms with E-state index in [9.17, 15) is 0 Å². The van der Waals surface area contributed by atoms with Crippen molar-refractivity contribution in [2.24, 2.45) is 11.8 Å². The summed E-state index contributed by atoms with van der Waals surface area (Å²) in [6.07, 6.45) is 13.0. The predicted molar refractivity (Wildman–Crippen MR) is 68.8 cm³/mol. The van der Waals surface area contributed by atoms with Gasteiger partial charge in [0.15, 0.2) is 0 Å². The van der Waals surface area contributed by atoms with Gasteiger partial charge in [-0.25, -0.2) is 0 Å². The van der Waals surface area contributed by atoms with Crippen LogP contribution in [-0.4, -0.2) is 0 Å². The molecule has 0 heteroatoms. The van der Waals surface area contributed by atoms with Gasteiger partial charge in [0.05, 0.1) is 0 Å². The molecule has 15 heavy (non-hydrogen) atoms. The first-order valence-electron chi connectivity index (χ1n) is 6.10. The third-order valence-corrected chi connectivity index (χ3v) is 3.14. The maximum atomic E-state index is 2.40. The molecular weight excluding hydrogens is 180 g/mol. The van der Waals surface area contributed by atoms with Gasteiger partial charge in [0.2, 0.25) is 0 Å². The van der Waals surface area contributed by atoms with E-state index in [1.165, 1.54) is 24.8 Å². The second kappa shape index (κ2) is 5.95. The SMILES string of the molecule is CC1=CCC(/C(C)=C/C=C/C(C)C)CC1. The standard InChI is InChI=1S/C15H24/c1-12(2)6-5-7-14(4)15-10-8-13(3)9-11-15/h5-8,12,15H,9-11H2,1-4H3/b6-5+,14-7+. The third-order valence-electron chi connectivity index (χ3n) is 3.14. The Bertz CT molecular complexity index is 276. The van der Waals surface area contributed by atoms with Gasteiger partial charge in [0.1, 0.15) is 0 Å². The molecule has 0 aromatic carbocycles. The fourth-order valence-corrected chi connectivity index (χ4v) is 1.94. The minimum absolute atomic E-state index is 0.655. The highest BCUT2D eigenvalue weighted by Gasteiger charge is 2.13. The Morgan fingerprint density at radius 1 is 1.47 bits per heavy atom. The van der Waals surface area contributed by atoms with Crippen molar-refractivity contribution in [1.82, 2.24) is 0 Å². The van der Waals surface area contributed by atoms with Gasteiger partial charge in [-0.05, 0) is 44.9 Å². The lowest BCUT2D eigenvalue weighted by Gasteiger charge is -2.20. The topological polar surface area (TPSA) is 0 Å². The molecule has 0 aromatic rings. The second-order valence-corrected chi connectivity index (χ2v) is 5.06. The lowest BCUT2D eigenvalue weighted by molar-refractivity contribution is 0.539. The summed E-state index contributed by atoms with van der Waals surface area (Å²) >= 11 is 0. The molecule has 1 atom stereocenters. The minimum Gasteiger partial charge on any atom is -0.0850 e. The third kappa shape index (κ3) is 4.51. The average Bonchev–Trinajstić information content (AvgIpc) is 2.18. The summed E-state index contributed by atoms with van der Waals surface area (Å²) in [6, 6.07) is 0. The van der Waals surface area contributed by atoms with Gasteiger partial charge in [-0.3, -0.25) is 0 Å². The average molecular weight is 204 g/mol. The van der Waals surface area contributed by atoms with E-state index < -0.39 is 0 Å². The van der Waals surface area contributed by atoms with E-state index >= 15 is 0 Å². The van der Waals surface area contributed by atoms with E-state index in [2.05, 4.69) is 52.0 Å². The fourth-order valence-electron chi connectivity index (χ4n) is 1.94. The largest absolute Gasteiger partial charge is 0.0850 e. The van der Waals surface area contributed by atoms with Crippen LogP contribution in [-0.2, 0) is 0 Å². The zero-order chi connectivity index (χ0) is 11.3. The molecule has 0 heterocycles. The summed E-state index contributed by atoms with van der Waals surface area (Å²) in [6.45, 7) is 8.94. The van der Waals surface area contributed by atoms with Crippen LogP contribution in [0.15, 0.2) is 35.5 Å². The smallest absolute Gasteiger partial charge is 0.0165 e. The molecule has 0 aliphatic heterocycles. The Morgan fingerprint density at radius 2 is 2.20 bits per heavy atom. The van der Waals surface area contributed by atoms with Gasteiger partial charge in [-0.1, -0.05) is 49.3 Å². The van der Waals surface area contributed by atoms with Gasteiger partial charge in [-0.2, -0.15) is 0 Å². The molecule has 0 aromatic heterocycles. The molecule has 0 saturated carbocycles. The summed E-state index contributed by atoms with van der Waals surface area (Å²) in [5.74, 6) is 1.44. The van der Waals surface area contributed by atoms with Crippen LogP contribution in [0.25, 0.3) is 0 Å². The van der Waals surface area contributed by atoms with Crippen LogP contribution in [0.1, 0.15) is 47.0 Å². The molecule has 0 nitrogen and oxygen atoms in total. The predicted octanol–water partition coefficient (Wildman–Crippen LogP) is 4.89. The maximum absolute atomic E-state index is 2.40. The number of hydrogen-bond acceptors (Lipinski definition) is 0. The molecule has 0 amide bonds. The zero-order valence-corrected chi connectivity index (χ0v) is 10.6. The highest BCUT2D eigenvalue weighted by atomic mass is 14.2. The van der Waals surface area contributed by atoms with Crippen molar-refractivity contribution >= 4 is 0 Å². The fraction of sp³-hybridized carbons (Fsp3) is 0.600. The van der Waals surface area contributed by atoms with Gasteiger partial charge in [0.25, 0.3) is 0 Å². The Kier molecular flexibility index (Phi) is 4.87. The van der Waals surface area contributed by atoms with Crippen LogP contribution in [0.4, 0.5) is 0 Å². The molecule has 1 aliphatic rings. The van der Waals surface area contributed by atoms with Crippen molar-refractivity contribution < 1.29 is 0 Å². The monoisotopic (exact) mass is 204 g/mol. The molecule has 1 unspecified atom stereocenters. The van der Waals surface area contributed by atoms with E-state index in [-0.39, 0.29) is 0 Å². The van der Waals surface area contributed by atoms with Crippen molar-refractivity contribution in [2.75, 3.05) is 0 Å². The van der Waals surface area contributed by atoms with Crippen molar-refractivity contribution in [3.8, 4) is 0 Å². The van der Waals surface area contributed by atoms with Crippen LogP contribution in [0.5, 0.6) is 0 Å². The molecule has 84 valence electrons. The molecule has 0 radical (unpaired) electrons. The minimum atomic E-state index is 0.655. The first-order valence-corrected chi connectivity index (χ1v) is 6.10. The van der Waals surface area contributed by atoms with Crippen molar-refractivity contribution in [3.63, 3.8) is 0 Å². The molecule has 0 spiro atoms. The van der Waals surface area contributed by atoms with E-state index in [0.717, 1.165) is 5.92 Å². The van der Waals surface area contributed by atoms with Crippen LogP contribution in [0.3, 0.4) is 0 Å². The lowest BCUT2D eigenvalue weighted by Crippen LogP contribution is -2.05. The van der Waals surface area contributed by atoms with E-state index in [1.807, 2.05) is 0 Å². The maximum Gasteiger partial charge on any atom is -0.0165 e. The van der Waals surface area contributed by atoms with E-state index in [4.69, 9.17) is 0 Å². The van der Waals surface area contributed by atoms with Gasteiger partial charge in [0, 0.05) is 0 Å². The number of allylic oxidation sites excluding steroid dienone is 6. The normalized spacial score (nSPS) is 23.7. The molecule has 0 saturated heterocycles. The van der Waals surface area contributed by atoms with Gasteiger partial charge in [-0.15, -0.1) is 0 Å². The van der Waals surface area contributed by atoms with Gasteiger partial charge >= 0.3 is 0 Å². The number of hydrogen-bond donors (Lipinski definition) is 0. The van der Waals surface area contributed by atoms with E-state index in [1.54, 1.807) is 5.57 Å². The van der Waals surface area contributed by atoms with E-state index in [0.29, 0.717) is 5.92 Å². The van der Waals surface area contributed by atoms with Crippen molar-refractivity contribution in [2.45, 2.75) is 47.0 Å². The Hall–Kier alpha value is -0.780. The van der Waals surface area contributed by atoms with Crippen molar-refractivity contribution in [1.29, 1.82) is 0 Å². The Morgan fingerprint density at radius 3 is 2.73 bits per heavy atom. The zero-order valence-electron chi connectivity index (χ0n) is 10.6. The molecule has 1 rings (SSSR count). The molecule has 1 aliphatic carbocycles. The van der Waals surface area contributed by atoms with Crippen molar-refractivity contribution in [3.05, 3.63) is 35.5 Å². The Balaban J connectivity index is 2.50. The summed E-state index contributed by atoms with van der Waals surface area (Å²) in [4.78, 5) is 0. The molecule has 0 bridgehead atoms. The molecule has 0 N–H and O–H groups in total. The van der Waals surface area contributed by atoms with Crippen LogP contribution >= 0.6 is 0 Å². The summed E-state index contributed by atoms with van der Waals surface area (Å²) in [5.41, 5.74) is 3.10. The van der Waals surface area contributed by atoms with Crippen LogP contribution in [0.2, 0.25) is 0 Å². The quantitative estimate of drug-likeness (QED) is 0.453. The van der Waals surface area contributed by atoms with Crippen LogP contribution < -0.4 is 0 Å². The summed E-state index contributed by atoms with van der Waals surface area (Å²) in [5, 5.41) is 0. The highest BCUT2D eigenvalue weighted by molar-refractivity contribution is 5.17. The molecule has 0 fully saturated rings. The first-order chi connectivity index (χ1) is 7.09.